The van der Waals surface area contributed by atoms with Crippen LogP contribution >= 0.6 is 0 Å². The zero-order valence-corrected chi connectivity index (χ0v) is 15.5. The molecule has 1 aliphatic carbocycles. The van der Waals surface area contributed by atoms with Gasteiger partial charge in [-0.1, -0.05) is 12.1 Å². The third kappa shape index (κ3) is 4.78. The van der Waals surface area contributed by atoms with Gasteiger partial charge in [0.15, 0.2) is 0 Å². The topological polar surface area (TPSA) is 75.7 Å². The molecule has 1 aromatic carbocycles. The van der Waals surface area contributed by atoms with Crippen LogP contribution in [0.5, 0.6) is 0 Å². The lowest BCUT2D eigenvalue weighted by molar-refractivity contribution is -0.132. The van der Waals surface area contributed by atoms with Crippen LogP contribution in [0, 0.1) is 5.92 Å². The maximum absolute atomic E-state index is 12.1. The van der Waals surface area contributed by atoms with Crippen molar-refractivity contribution in [3.63, 3.8) is 0 Å². The van der Waals surface area contributed by atoms with Crippen molar-refractivity contribution in [2.75, 3.05) is 20.7 Å². The minimum absolute atomic E-state index is 0.159. The molecule has 2 rings (SSSR count). The van der Waals surface area contributed by atoms with Crippen LogP contribution in [0.15, 0.2) is 29.2 Å². The normalized spacial score (nSPS) is 17.5. The van der Waals surface area contributed by atoms with E-state index in [9.17, 15) is 13.2 Å². The molecule has 0 aliphatic heterocycles. The minimum atomic E-state index is -3.44. The monoisotopic (exact) mass is 354 g/mol. The first-order valence-corrected chi connectivity index (χ1v) is 9.60. The first kappa shape index (κ1) is 18.9. The van der Waals surface area contributed by atoms with Gasteiger partial charge in [0.2, 0.25) is 15.9 Å². The Morgan fingerprint density at radius 3 is 2.33 bits per heavy atom. The molecule has 24 heavy (non-hydrogen) atoms. The average Bonchev–Trinajstić information content (AvgIpc) is 3.36. The van der Waals surface area contributed by atoms with E-state index < -0.39 is 16.1 Å². The summed E-state index contributed by atoms with van der Waals surface area (Å²) in [5.41, 5.74) is 0.843. The van der Waals surface area contributed by atoms with Crippen molar-refractivity contribution in [3.8, 4) is 0 Å². The number of hydrogen-bond donors (Lipinski definition) is 1. The Balaban J connectivity index is 1.94. The number of carbonyl (C=O) groups is 1. The molecule has 134 valence electrons. The lowest BCUT2D eigenvalue weighted by Crippen LogP contribution is -2.36. The zero-order chi connectivity index (χ0) is 17.9. The van der Waals surface area contributed by atoms with Gasteiger partial charge in [-0.15, -0.1) is 0 Å². The standard InChI is InChI=1S/C17H26N2O4S/c1-12(18-17(20)13(2)23-11-14-5-6-14)15-7-9-16(10-8-15)24(21,22)19(3)4/h7-10,12-14H,5-6,11H2,1-4H3,(H,18,20). The molecule has 6 nitrogen and oxygen atoms in total. The van der Waals surface area contributed by atoms with E-state index in [-0.39, 0.29) is 16.8 Å². The second kappa shape index (κ2) is 7.63. The van der Waals surface area contributed by atoms with E-state index in [2.05, 4.69) is 5.32 Å². The molecular formula is C17H26N2O4S. The number of ether oxygens (including phenoxy) is 1. The van der Waals surface area contributed by atoms with Crippen LogP contribution in [-0.4, -0.2) is 45.4 Å². The average molecular weight is 354 g/mol. The number of sulfonamides is 1. The molecule has 0 spiro atoms. The fourth-order valence-corrected chi connectivity index (χ4v) is 3.10. The van der Waals surface area contributed by atoms with E-state index in [1.54, 1.807) is 31.2 Å². The van der Waals surface area contributed by atoms with E-state index >= 15 is 0 Å². The number of amides is 1. The van der Waals surface area contributed by atoms with Gasteiger partial charge < -0.3 is 10.1 Å². The highest BCUT2D eigenvalue weighted by atomic mass is 32.2. The van der Waals surface area contributed by atoms with Crippen LogP contribution < -0.4 is 5.32 Å². The first-order chi connectivity index (χ1) is 11.2. The highest BCUT2D eigenvalue weighted by molar-refractivity contribution is 7.89. The van der Waals surface area contributed by atoms with E-state index in [0.29, 0.717) is 12.5 Å². The van der Waals surface area contributed by atoms with E-state index in [1.165, 1.54) is 31.2 Å². The van der Waals surface area contributed by atoms with E-state index in [1.807, 2.05) is 6.92 Å². The zero-order valence-electron chi connectivity index (χ0n) is 14.7. The summed E-state index contributed by atoms with van der Waals surface area (Å²) in [4.78, 5) is 12.4. The van der Waals surface area contributed by atoms with Crippen LogP contribution in [0.2, 0.25) is 0 Å². The van der Waals surface area contributed by atoms with Crippen LogP contribution in [0.4, 0.5) is 0 Å². The van der Waals surface area contributed by atoms with Gasteiger partial charge in [0, 0.05) is 14.1 Å². The molecule has 1 saturated carbocycles. The fourth-order valence-electron chi connectivity index (χ4n) is 2.19. The highest BCUT2D eigenvalue weighted by Crippen LogP contribution is 2.29. The van der Waals surface area contributed by atoms with Crippen LogP contribution in [0.3, 0.4) is 0 Å². The van der Waals surface area contributed by atoms with Crippen LogP contribution in [0.1, 0.15) is 38.3 Å². The lowest BCUT2D eigenvalue weighted by atomic mass is 10.1. The molecule has 1 fully saturated rings. The number of nitrogens with one attached hydrogen (secondary N) is 1. The van der Waals surface area contributed by atoms with Crippen molar-refractivity contribution in [2.24, 2.45) is 5.92 Å². The van der Waals surface area contributed by atoms with Gasteiger partial charge in [0.1, 0.15) is 6.10 Å². The molecular weight excluding hydrogens is 328 g/mol. The summed E-state index contributed by atoms with van der Waals surface area (Å²) in [6.45, 7) is 4.25. The fraction of sp³-hybridized carbons (Fsp3) is 0.588. The second-order valence-corrected chi connectivity index (χ2v) is 8.66. The lowest BCUT2D eigenvalue weighted by Gasteiger charge is -2.19. The van der Waals surface area contributed by atoms with Crippen molar-refractivity contribution in [1.29, 1.82) is 0 Å². The third-order valence-corrected chi connectivity index (χ3v) is 5.99. The second-order valence-electron chi connectivity index (χ2n) is 6.51. The summed E-state index contributed by atoms with van der Waals surface area (Å²) in [6.07, 6.45) is 1.89. The van der Waals surface area contributed by atoms with Gasteiger partial charge in [0.05, 0.1) is 17.5 Å². The Morgan fingerprint density at radius 1 is 1.25 bits per heavy atom. The maximum Gasteiger partial charge on any atom is 0.249 e. The molecule has 1 aliphatic rings. The third-order valence-electron chi connectivity index (χ3n) is 4.17. The van der Waals surface area contributed by atoms with Gasteiger partial charge >= 0.3 is 0 Å². The van der Waals surface area contributed by atoms with Gasteiger partial charge in [-0.25, -0.2) is 12.7 Å². The molecule has 1 N–H and O–H groups in total. The predicted octanol–water partition coefficient (Wildman–Crippen LogP) is 1.93. The molecule has 0 radical (unpaired) electrons. The summed E-state index contributed by atoms with van der Waals surface area (Å²) in [6, 6.07) is 6.33. The van der Waals surface area contributed by atoms with Crippen molar-refractivity contribution >= 4 is 15.9 Å². The first-order valence-electron chi connectivity index (χ1n) is 8.16. The summed E-state index contributed by atoms with van der Waals surface area (Å²) in [5, 5.41) is 2.90. The van der Waals surface area contributed by atoms with E-state index in [4.69, 9.17) is 4.74 Å². The molecule has 2 unspecified atom stereocenters. The van der Waals surface area contributed by atoms with Gasteiger partial charge in [-0.05, 0) is 50.3 Å². The SMILES string of the molecule is CC(OCC1CC1)C(=O)NC(C)c1ccc(S(=O)(=O)N(C)C)cc1. The minimum Gasteiger partial charge on any atom is -0.368 e. The molecule has 7 heteroatoms. The summed E-state index contributed by atoms with van der Waals surface area (Å²) < 4.78 is 30.8. The number of nitrogens with zero attached hydrogens (tertiary/aromatic N) is 1. The Kier molecular flexibility index (Phi) is 6.01. The molecule has 1 aromatic rings. The Labute approximate surface area is 144 Å². The van der Waals surface area contributed by atoms with Crippen LogP contribution in [0.25, 0.3) is 0 Å². The molecule has 0 saturated heterocycles. The predicted molar refractivity (Wildman–Crippen MR) is 92.0 cm³/mol. The Bertz CT molecular complexity index is 666. The van der Waals surface area contributed by atoms with Crippen LogP contribution in [-0.2, 0) is 19.6 Å². The van der Waals surface area contributed by atoms with Gasteiger partial charge in [-0.3, -0.25) is 4.79 Å². The number of rotatable bonds is 8. The summed E-state index contributed by atoms with van der Waals surface area (Å²) in [7, 11) is -0.449. The largest absolute Gasteiger partial charge is 0.368 e. The summed E-state index contributed by atoms with van der Waals surface area (Å²) in [5.74, 6) is 0.456. The van der Waals surface area contributed by atoms with Gasteiger partial charge in [0.25, 0.3) is 0 Å². The molecule has 0 bridgehead atoms. The highest BCUT2D eigenvalue weighted by Gasteiger charge is 2.24. The number of hydrogen-bond acceptors (Lipinski definition) is 4. The quantitative estimate of drug-likeness (QED) is 0.774. The number of carbonyl (C=O) groups excluding carboxylic acids is 1. The molecule has 0 aromatic heterocycles. The molecule has 2 atom stereocenters. The van der Waals surface area contributed by atoms with Crippen molar-refractivity contribution in [3.05, 3.63) is 29.8 Å². The van der Waals surface area contributed by atoms with Gasteiger partial charge in [-0.2, -0.15) is 0 Å². The van der Waals surface area contributed by atoms with Crippen molar-refractivity contribution in [2.45, 2.75) is 43.7 Å². The van der Waals surface area contributed by atoms with Crippen molar-refractivity contribution < 1.29 is 17.9 Å². The molecule has 0 heterocycles. The Morgan fingerprint density at radius 2 is 1.83 bits per heavy atom. The van der Waals surface area contributed by atoms with Crippen molar-refractivity contribution in [1.82, 2.24) is 9.62 Å². The smallest absolute Gasteiger partial charge is 0.249 e. The summed E-state index contributed by atoms with van der Waals surface area (Å²) >= 11 is 0. The Hall–Kier alpha value is -1.44. The maximum atomic E-state index is 12.1. The number of benzene rings is 1. The van der Waals surface area contributed by atoms with E-state index in [0.717, 1.165) is 5.56 Å². The molecule has 1 amide bonds.